The van der Waals surface area contributed by atoms with Crippen LogP contribution in [-0.4, -0.2) is 44.9 Å². The molecule has 3 aromatic heterocycles. The van der Waals surface area contributed by atoms with Gasteiger partial charge in [-0.3, -0.25) is 14.7 Å². The van der Waals surface area contributed by atoms with Crippen molar-refractivity contribution < 1.29 is 4.79 Å². The molecule has 0 spiro atoms. The molecular weight excluding hydrogens is 398 g/mol. The Balaban J connectivity index is 1.40. The molecule has 1 aliphatic rings. The second-order valence-corrected chi connectivity index (χ2v) is 8.17. The Labute approximate surface area is 187 Å². The smallest absolute Gasteiger partial charge is 0.253 e. The van der Waals surface area contributed by atoms with Gasteiger partial charge >= 0.3 is 0 Å². The number of carbonyl (C=O) groups excluding carboxylic acids is 1. The van der Waals surface area contributed by atoms with Crippen molar-refractivity contribution in [1.82, 2.24) is 25.2 Å². The number of hydrogen-bond donors (Lipinski definition) is 2. The molecule has 2 N–H and O–H groups in total. The Hall–Kier alpha value is -3.51. The van der Waals surface area contributed by atoms with E-state index in [0.29, 0.717) is 5.56 Å². The van der Waals surface area contributed by atoms with E-state index in [1.54, 1.807) is 12.4 Å². The predicted molar refractivity (Wildman–Crippen MR) is 126 cm³/mol. The zero-order valence-corrected chi connectivity index (χ0v) is 18.4. The molecule has 0 saturated carbocycles. The SMILES string of the molecule is CCN(CC)[C@@H]1Cc2ccccc2[C@H]1NC(=O)c1ccc(-c2ccnc3[nH]ccc23)nc1. The van der Waals surface area contributed by atoms with Gasteiger partial charge in [0.2, 0.25) is 0 Å². The van der Waals surface area contributed by atoms with Crippen LogP contribution >= 0.6 is 0 Å². The van der Waals surface area contributed by atoms with Crippen LogP contribution in [0.1, 0.15) is 41.4 Å². The summed E-state index contributed by atoms with van der Waals surface area (Å²) in [5, 5.41) is 4.32. The summed E-state index contributed by atoms with van der Waals surface area (Å²) in [7, 11) is 0. The van der Waals surface area contributed by atoms with Crippen LogP contribution < -0.4 is 5.32 Å². The van der Waals surface area contributed by atoms with Gasteiger partial charge in [-0.1, -0.05) is 38.1 Å². The van der Waals surface area contributed by atoms with Crippen molar-refractivity contribution in [2.24, 2.45) is 0 Å². The van der Waals surface area contributed by atoms with Crippen molar-refractivity contribution in [3.05, 3.63) is 83.8 Å². The van der Waals surface area contributed by atoms with Crippen LogP contribution in [0.25, 0.3) is 22.3 Å². The standard InChI is InChI=1S/C26H27N5O/c1-3-31(4-2)23-15-17-7-5-6-8-19(17)24(23)30-26(32)18-9-10-22(29-16-18)20-11-13-27-25-21(20)12-14-28-25/h5-14,16,23-24H,3-4,15H2,1-2H3,(H,27,28)(H,30,32)/t23-,24-/m1/s1. The topological polar surface area (TPSA) is 73.9 Å². The minimum atomic E-state index is -0.0931. The highest BCUT2D eigenvalue weighted by atomic mass is 16.1. The number of amides is 1. The number of likely N-dealkylation sites (N-methyl/N-ethyl adjacent to an activating group) is 1. The molecule has 1 amide bonds. The van der Waals surface area contributed by atoms with Gasteiger partial charge in [0.25, 0.3) is 5.91 Å². The molecule has 0 bridgehead atoms. The molecule has 3 heterocycles. The number of rotatable bonds is 6. The summed E-state index contributed by atoms with van der Waals surface area (Å²) in [6.45, 7) is 6.26. The first-order chi connectivity index (χ1) is 15.7. The van der Waals surface area contributed by atoms with Gasteiger partial charge in [0.15, 0.2) is 0 Å². The highest BCUT2D eigenvalue weighted by molar-refractivity contribution is 5.95. The number of carbonyl (C=O) groups is 1. The Morgan fingerprint density at radius 3 is 2.72 bits per heavy atom. The monoisotopic (exact) mass is 425 g/mol. The summed E-state index contributed by atoms with van der Waals surface area (Å²) in [5.41, 5.74) is 5.74. The predicted octanol–water partition coefficient (Wildman–Crippen LogP) is 4.36. The molecule has 5 rings (SSSR count). The summed E-state index contributed by atoms with van der Waals surface area (Å²) in [6.07, 6.45) is 6.25. The van der Waals surface area contributed by atoms with Crippen LogP contribution in [-0.2, 0) is 6.42 Å². The number of nitrogens with one attached hydrogen (secondary N) is 2. The largest absolute Gasteiger partial charge is 0.346 e. The molecule has 1 aromatic carbocycles. The third-order valence-corrected chi connectivity index (χ3v) is 6.53. The maximum atomic E-state index is 13.2. The fourth-order valence-electron chi connectivity index (χ4n) is 4.88. The summed E-state index contributed by atoms with van der Waals surface area (Å²) >= 11 is 0. The van der Waals surface area contributed by atoms with E-state index >= 15 is 0 Å². The van der Waals surface area contributed by atoms with Crippen LogP contribution in [0.3, 0.4) is 0 Å². The molecule has 6 heteroatoms. The number of H-pyrrole nitrogens is 1. The molecule has 2 atom stereocenters. The third-order valence-electron chi connectivity index (χ3n) is 6.53. The van der Waals surface area contributed by atoms with Gasteiger partial charge < -0.3 is 10.3 Å². The Bertz CT molecular complexity index is 1240. The van der Waals surface area contributed by atoms with Gasteiger partial charge in [-0.15, -0.1) is 0 Å². The van der Waals surface area contributed by atoms with Gasteiger partial charge in [-0.25, -0.2) is 4.98 Å². The molecule has 6 nitrogen and oxygen atoms in total. The molecule has 0 unspecified atom stereocenters. The Kier molecular flexibility index (Phi) is 5.45. The molecule has 0 aliphatic heterocycles. The first-order valence-corrected chi connectivity index (χ1v) is 11.2. The van der Waals surface area contributed by atoms with Crippen LogP contribution in [0.5, 0.6) is 0 Å². The van der Waals surface area contributed by atoms with Gasteiger partial charge in [0, 0.05) is 35.6 Å². The first-order valence-electron chi connectivity index (χ1n) is 11.2. The molecule has 4 aromatic rings. The second kappa shape index (κ2) is 8.55. The highest BCUT2D eigenvalue weighted by Gasteiger charge is 2.36. The summed E-state index contributed by atoms with van der Waals surface area (Å²) in [4.78, 5) is 27.7. The van der Waals surface area contributed by atoms with Crippen LogP contribution in [0, 0.1) is 0 Å². The van der Waals surface area contributed by atoms with Crippen molar-refractivity contribution in [3.8, 4) is 11.3 Å². The number of aromatic amines is 1. The molecule has 0 radical (unpaired) electrons. The number of aromatic nitrogens is 3. The van der Waals surface area contributed by atoms with Crippen molar-refractivity contribution >= 4 is 16.9 Å². The fraction of sp³-hybridized carbons (Fsp3) is 0.269. The van der Waals surface area contributed by atoms with Crippen molar-refractivity contribution in [2.45, 2.75) is 32.4 Å². The number of pyridine rings is 2. The molecular formula is C26H27N5O. The van der Waals surface area contributed by atoms with E-state index in [-0.39, 0.29) is 18.0 Å². The zero-order chi connectivity index (χ0) is 22.1. The third kappa shape index (κ3) is 3.56. The minimum absolute atomic E-state index is 0.0297. The maximum Gasteiger partial charge on any atom is 0.253 e. The van der Waals surface area contributed by atoms with Crippen molar-refractivity contribution in [2.75, 3.05) is 13.1 Å². The minimum Gasteiger partial charge on any atom is -0.346 e. The normalized spacial score (nSPS) is 17.6. The van der Waals surface area contributed by atoms with E-state index in [2.05, 4.69) is 63.3 Å². The average Bonchev–Trinajstić information content (AvgIpc) is 3.45. The maximum absolute atomic E-state index is 13.2. The van der Waals surface area contributed by atoms with Crippen LogP contribution in [0.2, 0.25) is 0 Å². The van der Waals surface area contributed by atoms with Crippen LogP contribution in [0.4, 0.5) is 0 Å². The van der Waals surface area contributed by atoms with Gasteiger partial charge in [0.05, 0.1) is 17.3 Å². The second-order valence-electron chi connectivity index (χ2n) is 8.17. The van der Waals surface area contributed by atoms with E-state index in [1.165, 1.54) is 11.1 Å². The van der Waals surface area contributed by atoms with E-state index in [4.69, 9.17) is 0 Å². The number of fused-ring (bicyclic) bond motifs is 2. The quantitative estimate of drug-likeness (QED) is 0.481. The number of nitrogens with zero attached hydrogens (tertiary/aromatic N) is 3. The number of hydrogen-bond acceptors (Lipinski definition) is 4. The molecule has 32 heavy (non-hydrogen) atoms. The first kappa shape index (κ1) is 20.4. The van der Waals surface area contributed by atoms with Gasteiger partial charge in [-0.2, -0.15) is 0 Å². The van der Waals surface area contributed by atoms with Crippen molar-refractivity contribution in [1.29, 1.82) is 0 Å². The summed E-state index contributed by atoms with van der Waals surface area (Å²) < 4.78 is 0. The van der Waals surface area contributed by atoms with Gasteiger partial charge in [0.1, 0.15) is 5.65 Å². The van der Waals surface area contributed by atoms with Gasteiger partial charge in [-0.05, 0) is 54.9 Å². The Morgan fingerprint density at radius 1 is 1.09 bits per heavy atom. The lowest BCUT2D eigenvalue weighted by atomic mass is 10.0. The fourth-order valence-corrected chi connectivity index (χ4v) is 4.88. The average molecular weight is 426 g/mol. The van der Waals surface area contributed by atoms with E-state index in [1.807, 2.05) is 30.5 Å². The molecule has 162 valence electrons. The molecule has 0 saturated heterocycles. The zero-order valence-electron chi connectivity index (χ0n) is 18.4. The molecule has 1 aliphatic carbocycles. The molecule has 0 fully saturated rings. The Morgan fingerprint density at radius 2 is 1.94 bits per heavy atom. The summed E-state index contributed by atoms with van der Waals surface area (Å²) in [6, 6.07) is 16.4. The lowest BCUT2D eigenvalue weighted by Gasteiger charge is -2.32. The van der Waals surface area contributed by atoms with Crippen LogP contribution in [0.15, 0.2) is 67.1 Å². The van der Waals surface area contributed by atoms with E-state index in [0.717, 1.165) is 41.8 Å². The van der Waals surface area contributed by atoms with Crippen molar-refractivity contribution in [3.63, 3.8) is 0 Å². The lowest BCUT2D eigenvalue weighted by molar-refractivity contribution is 0.0900. The number of benzene rings is 1. The lowest BCUT2D eigenvalue weighted by Crippen LogP contribution is -2.44. The van der Waals surface area contributed by atoms with E-state index in [9.17, 15) is 4.79 Å². The van der Waals surface area contributed by atoms with E-state index < -0.39 is 0 Å². The highest BCUT2D eigenvalue weighted by Crippen LogP contribution is 2.35. The summed E-state index contributed by atoms with van der Waals surface area (Å²) in [5.74, 6) is -0.0931.